The van der Waals surface area contributed by atoms with Crippen molar-refractivity contribution >= 4 is 34.7 Å². The van der Waals surface area contributed by atoms with Crippen molar-refractivity contribution < 1.29 is 4.74 Å². The van der Waals surface area contributed by atoms with Crippen molar-refractivity contribution in [3.05, 3.63) is 50.0 Å². The zero-order chi connectivity index (χ0) is 20.9. The van der Waals surface area contributed by atoms with Crippen LogP contribution in [0.25, 0.3) is 5.69 Å². The van der Waals surface area contributed by atoms with Crippen LogP contribution in [0, 0.1) is 24.7 Å². The molecule has 1 N–H and O–H groups in total. The number of halogens is 2. The van der Waals surface area contributed by atoms with E-state index in [1.165, 1.54) is 4.57 Å². The minimum atomic E-state index is -0.165. The van der Waals surface area contributed by atoms with Gasteiger partial charge in [-0.3, -0.25) is 9.36 Å². The van der Waals surface area contributed by atoms with Gasteiger partial charge in [-0.2, -0.15) is 0 Å². The third kappa shape index (κ3) is 3.27. The highest BCUT2D eigenvalue weighted by Crippen LogP contribution is 2.40. The first-order valence-corrected chi connectivity index (χ1v) is 10.5. The van der Waals surface area contributed by atoms with Gasteiger partial charge in [-0.15, -0.1) is 0 Å². The van der Waals surface area contributed by atoms with E-state index in [1.54, 1.807) is 32.0 Å². The SMILES string of the molecule is Cc1c(N2CCC3(CC2)CO[C@@H](C)C3=N)nc(C)n(-c2cccc(Cl)c2Cl)c1=O. The summed E-state index contributed by atoms with van der Waals surface area (Å²) < 4.78 is 7.23. The van der Waals surface area contributed by atoms with E-state index in [9.17, 15) is 4.79 Å². The molecule has 4 rings (SSSR count). The highest BCUT2D eigenvalue weighted by Gasteiger charge is 2.46. The van der Waals surface area contributed by atoms with Gasteiger partial charge in [-0.25, -0.2) is 4.98 Å². The molecular weight excluding hydrogens is 411 g/mol. The predicted molar refractivity (Wildman–Crippen MR) is 116 cm³/mol. The van der Waals surface area contributed by atoms with Crippen LogP contribution >= 0.6 is 23.2 Å². The molecule has 0 bridgehead atoms. The van der Waals surface area contributed by atoms with Crippen molar-refractivity contribution in [3.63, 3.8) is 0 Å². The van der Waals surface area contributed by atoms with Gasteiger partial charge in [0.05, 0.1) is 34.0 Å². The highest BCUT2D eigenvalue weighted by atomic mass is 35.5. The minimum absolute atomic E-state index is 0.102. The second-order valence-corrected chi connectivity index (χ2v) is 8.74. The smallest absolute Gasteiger partial charge is 0.263 e. The normalized spacial score (nSPS) is 21.2. The van der Waals surface area contributed by atoms with Crippen LogP contribution in [0.4, 0.5) is 5.82 Å². The fraction of sp³-hybridized carbons (Fsp3) is 0.476. The number of nitrogens with zero attached hydrogens (tertiary/aromatic N) is 3. The lowest BCUT2D eigenvalue weighted by atomic mass is 9.75. The molecule has 0 amide bonds. The van der Waals surface area contributed by atoms with Crippen molar-refractivity contribution in [1.29, 1.82) is 5.41 Å². The average molecular weight is 435 g/mol. The molecule has 0 saturated carbocycles. The number of aromatic nitrogens is 2. The number of rotatable bonds is 2. The molecule has 0 unspecified atom stereocenters. The molecule has 0 aliphatic carbocycles. The molecule has 2 saturated heterocycles. The van der Waals surface area contributed by atoms with Gasteiger partial charge in [0.25, 0.3) is 5.56 Å². The minimum Gasteiger partial charge on any atom is -0.372 e. The van der Waals surface area contributed by atoms with Crippen molar-refractivity contribution in [3.8, 4) is 5.69 Å². The zero-order valence-corrected chi connectivity index (χ0v) is 18.3. The molecule has 2 aliphatic heterocycles. The maximum absolute atomic E-state index is 13.2. The Morgan fingerprint density at radius 1 is 1.24 bits per heavy atom. The van der Waals surface area contributed by atoms with E-state index < -0.39 is 0 Å². The number of piperidine rings is 1. The number of nitrogens with one attached hydrogen (secondary N) is 1. The van der Waals surface area contributed by atoms with Gasteiger partial charge in [0, 0.05) is 24.2 Å². The van der Waals surface area contributed by atoms with Crippen LogP contribution in [0.2, 0.25) is 10.0 Å². The van der Waals surface area contributed by atoms with Gasteiger partial charge in [-0.1, -0.05) is 29.3 Å². The quantitative estimate of drug-likeness (QED) is 0.769. The molecule has 3 heterocycles. The van der Waals surface area contributed by atoms with Crippen LogP contribution in [0.15, 0.2) is 23.0 Å². The van der Waals surface area contributed by atoms with Crippen LogP contribution in [0.3, 0.4) is 0 Å². The van der Waals surface area contributed by atoms with Gasteiger partial charge in [0.2, 0.25) is 0 Å². The van der Waals surface area contributed by atoms with Crippen LogP contribution in [0.5, 0.6) is 0 Å². The number of benzene rings is 1. The molecule has 1 aromatic carbocycles. The molecule has 8 heteroatoms. The van der Waals surface area contributed by atoms with E-state index >= 15 is 0 Å². The molecule has 2 fully saturated rings. The summed E-state index contributed by atoms with van der Waals surface area (Å²) >= 11 is 12.5. The maximum Gasteiger partial charge on any atom is 0.263 e. The van der Waals surface area contributed by atoms with E-state index in [1.807, 2.05) is 6.92 Å². The zero-order valence-electron chi connectivity index (χ0n) is 16.8. The summed E-state index contributed by atoms with van der Waals surface area (Å²) in [5.41, 5.74) is 1.49. The summed E-state index contributed by atoms with van der Waals surface area (Å²) in [6, 6.07) is 5.22. The number of ether oxygens (including phenoxy) is 1. The maximum atomic E-state index is 13.2. The Kier molecular flexibility index (Phi) is 5.21. The first kappa shape index (κ1) is 20.4. The van der Waals surface area contributed by atoms with Gasteiger partial charge in [-0.05, 0) is 45.7 Å². The van der Waals surface area contributed by atoms with E-state index in [4.69, 9.17) is 38.3 Å². The largest absolute Gasteiger partial charge is 0.372 e. The Hall–Kier alpha value is -1.89. The van der Waals surface area contributed by atoms with Gasteiger partial charge in [0.15, 0.2) is 0 Å². The van der Waals surface area contributed by atoms with E-state index in [0.29, 0.717) is 45.3 Å². The Labute approximate surface area is 179 Å². The predicted octanol–water partition coefficient (Wildman–Crippen LogP) is 4.18. The molecule has 1 spiro atoms. The van der Waals surface area contributed by atoms with Crippen LogP contribution in [-0.2, 0) is 4.74 Å². The average Bonchev–Trinajstić information content (AvgIpc) is 2.97. The van der Waals surface area contributed by atoms with Crippen molar-refractivity contribution in [2.24, 2.45) is 5.41 Å². The summed E-state index contributed by atoms with van der Waals surface area (Å²) in [5, 5.41) is 9.14. The van der Waals surface area contributed by atoms with E-state index in [0.717, 1.165) is 25.9 Å². The second kappa shape index (κ2) is 7.42. The van der Waals surface area contributed by atoms with E-state index in [2.05, 4.69) is 4.90 Å². The summed E-state index contributed by atoms with van der Waals surface area (Å²) in [5.74, 6) is 1.26. The summed E-state index contributed by atoms with van der Waals surface area (Å²) in [6.07, 6.45) is 1.56. The van der Waals surface area contributed by atoms with Crippen molar-refractivity contribution in [1.82, 2.24) is 9.55 Å². The Balaban J connectivity index is 1.67. The van der Waals surface area contributed by atoms with Crippen molar-refractivity contribution in [2.75, 3.05) is 24.6 Å². The standard InChI is InChI=1S/C21H24Cl2N4O2/c1-12-19(26-9-7-21(8-10-26)11-29-13(2)18(21)24)25-14(3)27(20(12)28)16-6-4-5-15(22)17(16)23/h4-6,13,24H,7-11H2,1-3H3/t13-/m0/s1. The molecule has 0 radical (unpaired) electrons. The number of hydrogen-bond acceptors (Lipinski definition) is 5. The first-order chi connectivity index (χ1) is 13.7. The molecule has 2 aromatic rings. The molecule has 2 aliphatic rings. The lowest BCUT2D eigenvalue weighted by molar-refractivity contribution is 0.0979. The van der Waals surface area contributed by atoms with Gasteiger partial charge >= 0.3 is 0 Å². The van der Waals surface area contributed by atoms with Crippen LogP contribution < -0.4 is 10.5 Å². The van der Waals surface area contributed by atoms with Crippen molar-refractivity contribution in [2.45, 2.75) is 39.7 Å². The topological polar surface area (TPSA) is 71.2 Å². The number of anilines is 1. The molecular formula is C21H24Cl2N4O2. The Morgan fingerprint density at radius 3 is 2.55 bits per heavy atom. The fourth-order valence-electron chi connectivity index (χ4n) is 4.39. The number of hydrogen-bond donors (Lipinski definition) is 1. The molecule has 154 valence electrons. The monoisotopic (exact) mass is 434 g/mol. The summed E-state index contributed by atoms with van der Waals surface area (Å²) in [6.45, 7) is 7.64. The molecule has 1 aromatic heterocycles. The lowest BCUT2D eigenvalue weighted by Crippen LogP contribution is -2.45. The lowest BCUT2D eigenvalue weighted by Gasteiger charge is -2.39. The molecule has 1 atom stereocenters. The Morgan fingerprint density at radius 2 is 1.93 bits per heavy atom. The first-order valence-electron chi connectivity index (χ1n) is 9.75. The molecule has 29 heavy (non-hydrogen) atoms. The highest BCUT2D eigenvalue weighted by molar-refractivity contribution is 6.43. The summed E-state index contributed by atoms with van der Waals surface area (Å²) in [7, 11) is 0. The van der Waals surface area contributed by atoms with Gasteiger partial charge < -0.3 is 15.0 Å². The second-order valence-electron chi connectivity index (χ2n) is 7.96. The Bertz CT molecular complexity index is 1040. The van der Waals surface area contributed by atoms with Crippen LogP contribution in [-0.4, -0.2) is 41.1 Å². The third-order valence-electron chi connectivity index (χ3n) is 6.23. The van der Waals surface area contributed by atoms with Gasteiger partial charge in [0.1, 0.15) is 11.6 Å². The summed E-state index contributed by atoms with van der Waals surface area (Å²) in [4.78, 5) is 20.1. The molecule has 6 nitrogen and oxygen atoms in total. The third-order valence-corrected chi connectivity index (χ3v) is 7.04. The number of aryl methyl sites for hydroxylation is 1. The van der Waals surface area contributed by atoms with E-state index in [-0.39, 0.29) is 17.1 Å². The van der Waals surface area contributed by atoms with Crippen LogP contribution in [0.1, 0.15) is 31.2 Å². The fourth-order valence-corrected chi connectivity index (χ4v) is 4.77.